The van der Waals surface area contributed by atoms with Gasteiger partial charge < -0.3 is 31.1 Å². The number of nitrogens with zero attached hydrogens (tertiary/aromatic N) is 1. The molecule has 6 N–H and O–H groups in total. The Morgan fingerprint density at radius 2 is 1.73 bits per heavy atom. The Morgan fingerprint density at radius 3 is 2.19 bits per heavy atom. The molecule has 0 rings (SSSR count). The maximum absolute atomic E-state index is 11.9. The molecule has 0 radical (unpaired) electrons. The highest BCUT2D eigenvalue weighted by atomic mass is 16.4. The Labute approximate surface area is 149 Å². The number of nitrogens with one attached hydrogen (secondary N) is 2. The molecule has 0 aliphatic heterocycles. The summed E-state index contributed by atoms with van der Waals surface area (Å²) < 4.78 is 0. The molecule has 11 nitrogen and oxygen atoms in total. The van der Waals surface area contributed by atoms with E-state index in [0.717, 1.165) is 6.21 Å². The number of carboxylic acids is 1. The minimum Gasteiger partial charge on any atom is -0.480 e. The number of terminal acetylenes is 1. The van der Waals surface area contributed by atoms with E-state index >= 15 is 0 Å². The molecule has 0 saturated heterocycles. The molecule has 0 heterocycles. The zero-order valence-electron chi connectivity index (χ0n) is 13.8. The standard InChI is InChI=1S/C15H21N3O8/c1-2-3-10(15(25)26)18-13(23)9(7-20)6-16-14(24)11(8-21)17-12(22)4-5-19/h1,6,9-11,19-21H,3-5,7-8H2,(H,17,22)(H,18,23)(H,25,26)/t9?,10-,11+/m0/s1. The molecule has 3 atom stereocenters. The van der Waals surface area contributed by atoms with Crippen molar-refractivity contribution < 1.29 is 39.6 Å². The van der Waals surface area contributed by atoms with Crippen LogP contribution in [0.25, 0.3) is 0 Å². The lowest BCUT2D eigenvalue weighted by molar-refractivity contribution is -0.142. The molecule has 0 spiro atoms. The van der Waals surface area contributed by atoms with Crippen molar-refractivity contribution in [2.45, 2.75) is 24.9 Å². The van der Waals surface area contributed by atoms with E-state index < -0.39 is 61.5 Å². The summed E-state index contributed by atoms with van der Waals surface area (Å²) in [4.78, 5) is 49.4. The third-order valence-corrected chi connectivity index (χ3v) is 3.01. The number of carbonyl (C=O) groups excluding carboxylic acids is 3. The fraction of sp³-hybridized carbons (Fsp3) is 0.533. The van der Waals surface area contributed by atoms with Crippen LogP contribution in [-0.4, -0.2) is 82.2 Å². The van der Waals surface area contributed by atoms with Crippen LogP contribution in [0.4, 0.5) is 0 Å². The molecule has 11 heteroatoms. The molecular weight excluding hydrogens is 350 g/mol. The Bertz CT molecular complexity index is 584. The van der Waals surface area contributed by atoms with Crippen LogP contribution in [0.1, 0.15) is 12.8 Å². The molecule has 0 aromatic carbocycles. The zero-order valence-corrected chi connectivity index (χ0v) is 13.8. The fourth-order valence-corrected chi connectivity index (χ4v) is 1.60. The lowest BCUT2D eigenvalue weighted by Gasteiger charge is -2.15. The van der Waals surface area contributed by atoms with Gasteiger partial charge in [0, 0.05) is 19.1 Å². The van der Waals surface area contributed by atoms with Gasteiger partial charge in [-0.1, -0.05) is 0 Å². The zero-order chi connectivity index (χ0) is 20.1. The molecule has 0 fully saturated rings. The van der Waals surface area contributed by atoms with Crippen molar-refractivity contribution in [1.82, 2.24) is 10.6 Å². The second-order valence-corrected chi connectivity index (χ2v) is 4.99. The Kier molecular flexibility index (Phi) is 11.2. The monoisotopic (exact) mass is 371 g/mol. The number of hydrogen-bond donors (Lipinski definition) is 6. The predicted octanol–water partition coefficient (Wildman–Crippen LogP) is -3.36. The molecule has 3 amide bonds. The van der Waals surface area contributed by atoms with Crippen LogP contribution in [0.15, 0.2) is 4.99 Å². The minimum absolute atomic E-state index is 0.277. The van der Waals surface area contributed by atoms with Crippen molar-refractivity contribution >= 4 is 29.9 Å². The molecule has 0 aromatic heterocycles. The van der Waals surface area contributed by atoms with Gasteiger partial charge in [-0.2, -0.15) is 0 Å². The summed E-state index contributed by atoms with van der Waals surface area (Å²) in [5.74, 6) is -3.23. The third kappa shape index (κ3) is 8.34. The Morgan fingerprint density at radius 1 is 1.08 bits per heavy atom. The van der Waals surface area contributed by atoms with Crippen LogP contribution in [0.3, 0.4) is 0 Å². The Balaban J connectivity index is 4.93. The van der Waals surface area contributed by atoms with Crippen LogP contribution in [-0.2, 0) is 19.2 Å². The number of aliphatic hydroxyl groups is 3. The van der Waals surface area contributed by atoms with Gasteiger partial charge in [-0.05, 0) is 0 Å². The van der Waals surface area contributed by atoms with E-state index in [2.05, 4.69) is 21.5 Å². The molecule has 26 heavy (non-hydrogen) atoms. The third-order valence-electron chi connectivity index (χ3n) is 3.01. The van der Waals surface area contributed by atoms with Gasteiger partial charge in [-0.15, -0.1) is 12.3 Å². The molecule has 144 valence electrons. The van der Waals surface area contributed by atoms with E-state index in [1.54, 1.807) is 0 Å². The van der Waals surface area contributed by atoms with Crippen LogP contribution in [0.5, 0.6) is 0 Å². The molecule has 0 bridgehead atoms. The second kappa shape index (κ2) is 12.5. The van der Waals surface area contributed by atoms with E-state index in [9.17, 15) is 24.3 Å². The number of aliphatic hydroxyl groups excluding tert-OH is 3. The smallest absolute Gasteiger partial charge is 0.327 e. The van der Waals surface area contributed by atoms with Gasteiger partial charge in [0.15, 0.2) is 0 Å². The van der Waals surface area contributed by atoms with Crippen LogP contribution < -0.4 is 10.6 Å². The summed E-state index contributed by atoms with van der Waals surface area (Å²) in [5.41, 5.74) is 0. The van der Waals surface area contributed by atoms with Crippen molar-refractivity contribution in [3.63, 3.8) is 0 Å². The number of hydrogen-bond acceptors (Lipinski definition) is 7. The summed E-state index contributed by atoms with van der Waals surface area (Å²) in [6, 6.07) is -2.76. The molecular formula is C15H21N3O8. The molecule has 0 aromatic rings. The highest BCUT2D eigenvalue weighted by Crippen LogP contribution is 1.98. The maximum Gasteiger partial charge on any atom is 0.327 e. The summed E-state index contributed by atoms with van der Waals surface area (Å²) in [5, 5.41) is 40.1. The highest BCUT2D eigenvalue weighted by Gasteiger charge is 2.24. The summed E-state index contributed by atoms with van der Waals surface area (Å²) in [6.45, 7) is -1.99. The quantitative estimate of drug-likeness (QED) is 0.160. The van der Waals surface area contributed by atoms with Crippen molar-refractivity contribution in [2.24, 2.45) is 10.9 Å². The van der Waals surface area contributed by atoms with Gasteiger partial charge in [0.2, 0.25) is 11.8 Å². The number of carbonyl (C=O) groups is 4. The number of rotatable bonds is 11. The fourth-order valence-electron chi connectivity index (χ4n) is 1.60. The molecule has 0 aliphatic carbocycles. The molecule has 0 saturated carbocycles. The summed E-state index contributed by atoms with van der Waals surface area (Å²) in [6.07, 6.45) is 5.22. The van der Waals surface area contributed by atoms with Crippen LogP contribution in [0.2, 0.25) is 0 Å². The first-order chi connectivity index (χ1) is 12.3. The van der Waals surface area contributed by atoms with Crippen molar-refractivity contribution in [1.29, 1.82) is 0 Å². The summed E-state index contributed by atoms with van der Waals surface area (Å²) in [7, 11) is 0. The molecule has 0 aliphatic rings. The first kappa shape index (κ1) is 23.2. The van der Waals surface area contributed by atoms with Crippen molar-refractivity contribution in [3.8, 4) is 12.3 Å². The maximum atomic E-state index is 11.9. The second-order valence-electron chi connectivity index (χ2n) is 4.99. The number of carboxylic acid groups (broad SMARTS) is 1. The highest BCUT2D eigenvalue weighted by molar-refractivity contribution is 6.00. The van der Waals surface area contributed by atoms with Gasteiger partial charge in [-0.3, -0.25) is 14.4 Å². The largest absolute Gasteiger partial charge is 0.480 e. The van der Waals surface area contributed by atoms with Gasteiger partial charge >= 0.3 is 5.97 Å². The first-order valence-corrected chi connectivity index (χ1v) is 7.47. The van der Waals surface area contributed by atoms with Gasteiger partial charge in [0.1, 0.15) is 12.1 Å². The average Bonchev–Trinajstić information content (AvgIpc) is 2.59. The van der Waals surface area contributed by atoms with E-state index in [0.29, 0.717) is 0 Å². The van der Waals surface area contributed by atoms with Crippen LogP contribution in [0, 0.1) is 18.3 Å². The average molecular weight is 371 g/mol. The van der Waals surface area contributed by atoms with E-state index in [1.165, 1.54) is 0 Å². The van der Waals surface area contributed by atoms with Gasteiger partial charge in [-0.25, -0.2) is 9.79 Å². The van der Waals surface area contributed by atoms with Gasteiger partial charge in [0.25, 0.3) is 5.91 Å². The van der Waals surface area contributed by atoms with Crippen molar-refractivity contribution in [3.05, 3.63) is 0 Å². The van der Waals surface area contributed by atoms with E-state index in [-0.39, 0.29) is 12.8 Å². The predicted molar refractivity (Wildman–Crippen MR) is 87.8 cm³/mol. The SMILES string of the molecule is C#CC[C@H](NC(=O)C(C=NC(=O)[C@@H](CO)NC(=O)CCO)CO)C(=O)O. The van der Waals surface area contributed by atoms with E-state index in [4.69, 9.17) is 21.7 Å². The van der Waals surface area contributed by atoms with Gasteiger partial charge in [0.05, 0.1) is 25.7 Å². The number of amides is 3. The van der Waals surface area contributed by atoms with Crippen LogP contribution >= 0.6 is 0 Å². The first-order valence-electron chi connectivity index (χ1n) is 7.47. The topological polar surface area (TPSA) is 186 Å². The minimum atomic E-state index is -1.39. The number of aliphatic carboxylic acids is 1. The Hall–Kier alpha value is -2.81. The van der Waals surface area contributed by atoms with E-state index in [1.807, 2.05) is 0 Å². The normalized spacial score (nSPS) is 14.1. The lowest BCUT2D eigenvalue weighted by atomic mass is 10.1. The van der Waals surface area contributed by atoms with Crippen molar-refractivity contribution in [2.75, 3.05) is 19.8 Å². The lowest BCUT2D eigenvalue weighted by Crippen LogP contribution is -2.45. The summed E-state index contributed by atoms with van der Waals surface area (Å²) >= 11 is 0. The number of aliphatic imine (C=N–C) groups is 1. The molecule has 1 unspecified atom stereocenters.